The molecule has 0 saturated carbocycles. The summed E-state index contributed by atoms with van der Waals surface area (Å²) >= 11 is 1.79. The van der Waals surface area contributed by atoms with Crippen molar-refractivity contribution < 1.29 is 9.59 Å². The standard InChI is InChI=1S/C24H25N3O2S/c28-22(18-5-4-17-6-7-24(29)25-20(17)16-18)8-10-26-11-13-27(14-12-26)21-2-1-3-23-19(21)9-15-30-23/h1-5,9,15-16H,6-8,10-14H2,(H,25,29). The number of ketones is 1. The Hall–Kier alpha value is -2.70. The maximum atomic E-state index is 12.7. The summed E-state index contributed by atoms with van der Waals surface area (Å²) in [5.74, 6) is 0.172. The number of hydrogen-bond donors (Lipinski definition) is 1. The lowest BCUT2D eigenvalue weighted by Crippen LogP contribution is -2.47. The Morgan fingerprint density at radius 2 is 1.90 bits per heavy atom. The lowest BCUT2D eigenvalue weighted by molar-refractivity contribution is -0.116. The van der Waals surface area contributed by atoms with Crippen LogP contribution in [0.15, 0.2) is 47.8 Å². The molecule has 154 valence electrons. The zero-order valence-electron chi connectivity index (χ0n) is 16.9. The van der Waals surface area contributed by atoms with Crippen LogP contribution in [0.3, 0.4) is 0 Å². The molecule has 5 nitrogen and oxygen atoms in total. The molecule has 0 unspecified atom stereocenters. The van der Waals surface area contributed by atoms with Crippen LogP contribution in [0.1, 0.15) is 28.8 Å². The minimum atomic E-state index is 0.0307. The summed E-state index contributed by atoms with van der Waals surface area (Å²) in [6.45, 7) is 4.67. The predicted octanol–water partition coefficient (Wildman–Crippen LogP) is 4.18. The van der Waals surface area contributed by atoms with Crippen LogP contribution in [-0.2, 0) is 11.2 Å². The lowest BCUT2D eigenvalue weighted by Gasteiger charge is -2.36. The highest BCUT2D eigenvalue weighted by Crippen LogP contribution is 2.31. The van der Waals surface area contributed by atoms with Gasteiger partial charge in [-0.05, 0) is 41.6 Å². The molecule has 1 amide bonds. The van der Waals surface area contributed by atoms with Crippen molar-refractivity contribution in [3.63, 3.8) is 0 Å². The number of carbonyl (C=O) groups excluding carboxylic acids is 2. The van der Waals surface area contributed by atoms with Gasteiger partial charge in [0.05, 0.1) is 0 Å². The van der Waals surface area contributed by atoms with Crippen molar-refractivity contribution in [1.82, 2.24) is 4.90 Å². The van der Waals surface area contributed by atoms with Crippen LogP contribution in [0.25, 0.3) is 10.1 Å². The van der Waals surface area contributed by atoms with Gasteiger partial charge in [-0.15, -0.1) is 11.3 Å². The molecule has 6 heteroatoms. The summed E-state index contributed by atoms with van der Waals surface area (Å²) in [4.78, 5) is 29.2. The van der Waals surface area contributed by atoms with Gasteiger partial charge in [-0.3, -0.25) is 14.5 Å². The molecular weight excluding hydrogens is 394 g/mol. The van der Waals surface area contributed by atoms with Crippen LogP contribution in [0, 0.1) is 0 Å². The largest absolute Gasteiger partial charge is 0.368 e. The molecule has 3 aromatic rings. The van der Waals surface area contributed by atoms with Crippen molar-refractivity contribution in [3.8, 4) is 0 Å². The minimum absolute atomic E-state index is 0.0307. The highest BCUT2D eigenvalue weighted by molar-refractivity contribution is 7.17. The van der Waals surface area contributed by atoms with E-state index in [1.807, 2.05) is 18.2 Å². The fraction of sp³-hybridized carbons (Fsp3) is 0.333. The molecule has 3 heterocycles. The number of Topliss-reactive ketones (excluding diaryl/α,β-unsaturated/α-hetero) is 1. The Balaban J connectivity index is 1.17. The van der Waals surface area contributed by atoms with E-state index < -0.39 is 0 Å². The van der Waals surface area contributed by atoms with Gasteiger partial charge in [-0.2, -0.15) is 0 Å². The van der Waals surface area contributed by atoms with Crippen molar-refractivity contribution in [1.29, 1.82) is 0 Å². The second-order valence-corrected chi connectivity index (χ2v) is 8.98. The molecule has 1 N–H and O–H groups in total. The molecule has 1 aromatic heterocycles. The maximum absolute atomic E-state index is 12.7. The van der Waals surface area contributed by atoms with E-state index in [1.54, 1.807) is 11.3 Å². The number of aryl methyl sites for hydroxylation is 1. The van der Waals surface area contributed by atoms with Crippen LogP contribution in [-0.4, -0.2) is 49.3 Å². The molecule has 0 radical (unpaired) electrons. The number of benzene rings is 2. The quantitative estimate of drug-likeness (QED) is 0.631. The van der Waals surface area contributed by atoms with E-state index in [-0.39, 0.29) is 11.7 Å². The highest BCUT2D eigenvalue weighted by Gasteiger charge is 2.21. The summed E-state index contributed by atoms with van der Waals surface area (Å²) in [7, 11) is 0. The summed E-state index contributed by atoms with van der Waals surface area (Å²) in [5, 5.41) is 6.38. The predicted molar refractivity (Wildman–Crippen MR) is 123 cm³/mol. The number of thiophene rings is 1. The number of anilines is 2. The smallest absolute Gasteiger partial charge is 0.224 e. The lowest BCUT2D eigenvalue weighted by atomic mass is 9.98. The first-order valence-electron chi connectivity index (χ1n) is 10.6. The van der Waals surface area contributed by atoms with E-state index in [4.69, 9.17) is 0 Å². The second kappa shape index (κ2) is 8.20. The van der Waals surface area contributed by atoms with Gasteiger partial charge in [0.25, 0.3) is 0 Å². The van der Waals surface area contributed by atoms with E-state index >= 15 is 0 Å². The Morgan fingerprint density at radius 3 is 2.77 bits per heavy atom. The van der Waals surface area contributed by atoms with E-state index in [1.165, 1.54) is 15.8 Å². The molecule has 5 rings (SSSR count). The Labute approximate surface area is 180 Å². The third kappa shape index (κ3) is 3.85. The fourth-order valence-electron chi connectivity index (χ4n) is 4.42. The molecular formula is C24H25N3O2S. The van der Waals surface area contributed by atoms with Crippen molar-refractivity contribution in [2.75, 3.05) is 42.9 Å². The van der Waals surface area contributed by atoms with Gasteiger partial charge in [0.1, 0.15) is 0 Å². The molecule has 2 aliphatic rings. The van der Waals surface area contributed by atoms with Gasteiger partial charge in [0, 0.05) is 72.6 Å². The number of fused-ring (bicyclic) bond motifs is 2. The van der Waals surface area contributed by atoms with Crippen LogP contribution < -0.4 is 10.2 Å². The Morgan fingerprint density at radius 1 is 1.03 bits per heavy atom. The number of piperazine rings is 1. The average Bonchev–Trinajstić information content (AvgIpc) is 3.26. The zero-order chi connectivity index (χ0) is 20.5. The zero-order valence-corrected chi connectivity index (χ0v) is 17.7. The van der Waals surface area contributed by atoms with Gasteiger partial charge >= 0.3 is 0 Å². The summed E-state index contributed by atoms with van der Waals surface area (Å²) in [6.07, 6.45) is 1.78. The summed E-state index contributed by atoms with van der Waals surface area (Å²) in [6, 6.07) is 14.5. The molecule has 0 aliphatic carbocycles. The van der Waals surface area contributed by atoms with Crippen LogP contribution >= 0.6 is 11.3 Å². The van der Waals surface area contributed by atoms with E-state index in [0.717, 1.165) is 50.4 Å². The van der Waals surface area contributed by atoms with Crippen molar-refractivity contribution in [3.05, 3.63) is 59.0 Å². The van der Waals surface area contributed by atoms with Crippen molar-refractivity contribution in [2.45, 2.75) is 19.3 Å². The third-order valence-electron chi connectivity index (χ3n) is 6.17. The maximum Gasteiger partial charge on any atom is 0.224 e. The van der Waals surface area contributed by atoms with Crippen LogP contribution in [0.2, 0.25) is 0 Å². The molecule has 2 aromatic carbocycles. The average molecular weight is 420 g/mol. The number of nitrogens with one attached hydrogen (secondary N) is 1. The number of carbonyl (C=O) groups is 2. The van der Waals surface area contributed by atoms with Gasteiger partial charge in [-0.25, -0.2) is 0 Å². The topological polar surface area (TPSA) is 52.7 Å². The second-order valence-electron chi connectivity index (χ2n) is 8.03. The number of rotatable bonds is 5. The fourth-order valence-corrected chi connectivity index (χ4v) is 5.22. The first kappa shape index (κ1) is 19.3. The summed E-state index contributed by atoms with van der Waals surface area (Å²) in [5.41, 5.74) is 3.93. The molecule has 2 aliphatic heterocycles. The third-order valence-corrected chi connectivity index (χ3v) is 7.05. The molecule has 0 atom stereocenters. The first-order chi connectivity index (χ1) is 14.7. The van der Waals surface area contributed by atoms with Crippen LogP contribution in [0.4, 0.5) is 11.4 Å². The number of amides is 1. The monoisotopic (exact) mass is 419 g/mol. The van der Waals surface area contributed by atoms with Gasteiger partial charge < -0.3 is 10.2 Å². The SMILES string of the molecule is O=C1CCc2ccc(C(=O)CCN3CCN(c4cccc5sccc45)CC3)cc2N1. The first-order valence-corrected chi connectivity index (χ1v) is 11.4. The summed E-state index contributed by atoms with van der Waals surface area (Å²) < 4.78 is 1.33. The molecule has 1 fully saturated rings. The van der Waals surface area contributed by atoms with Crippen LogP contribution in [0.5, 0.6) is 0 Å². The Bertz CT molecular complexity index is 1100. The van der Waals surface area contributed by atoms with Gasteiger partial charge in [-0.1, -0.05) is 18.2 Å². The minimum Gasteiger partial charge on any atom is -0.368 e. The molecule has 30 heavy (non-hydrogen) atoms. The molecule has 0 bridgehead atoms. The number of nitrogens with zero attached hydrogens (tertiary/aromatic N) is 2. The van der Waals surface area contributed by atoms with Crippen molar-refractivity contribution >= 4 is 44.5 Å². The van der Waals surface area contributed by atoms with E-state index in [2.05, 4.69) is 44.8 Å². The van der Waals surface area contributed by atoms with E-state index in [0.29, 0.717) is 18.4 Å². The number of hydrogen-bond acceptors (Lipinski definition) is 5. The van der Waals surface area contributed by atoms with Gasteiger partial charge in [0.2, 0.25) is 5.91 Å². The van der Waals surface area contributed by atoms with E-state index in [9.17, 15) is 9.59 Å². The van der Waals surface area contributed by atoms with Crippen molar-refractivity contribution in [2.24, 2.45) is 0 Å². The Kier molecular flexibility index (Phi) is 5.27. The normalized spacial score (nSPS) is 17.1. The highest BCUT2D eigenvalue weighted by atomic mass is 32.1. The molecule has 1 saturated heterocycles. The molecule has 0 spiro atoms. The van der Waals surface area contributed by atoms with Gasteiger partial charge in [0.15, 0.2) is 5.78 Å².